The first-order chi connectivity index (χ1) is 12.2. The molecule has 2 aliphatic carbocycles. The molecule has 0 aromatic heterocycles. The molecule has 3 N–H and O–H groups in total. The van der Waals surface area contributed by atoms with Crippen molar-refractivity contribution in [1.29, 1.82) is 0 Å². The number of benzene rings is 1. The Morgan fingerprint density at radius 1 is 1.23 bits per heavy atom. The zero-order valence-corrected chi connectivity index (χ0v) is 15.8. The Morgan fingerprint density at radius 2 is 1.85 bits per heavy atom. The van der Waals surface area contributed by atoms with Crippen LogP contribution in [-0.4, -0.2) is 42.7 Å². The van der Waals surface area contributed by atoms with Gasteiger partial charge in [-0.2, -0.15) is 0 Å². The predicted octanol–water partition coefficient (Wildman–Crippen LogP) is -1.38. The Labute approximate surface area is 160 Å². The van der Waals surface area contributed by atoms with Crippen molar-refractivity contribution in [3.8, 4) is 0 Å². The number of halogens is 1. The summed E-state index contributed by atoms with van der Waals surface area (Å²) in [4.78, 5) is 17.0. The molecule has 0 aliphatic heterocycles. The molecule has 0 bridgehead atoms. The second-order valence-corrected chi connectivity index (χ2v) is 6.80. The molecule has 144 valence electrons. The third-order valence-electron chi connectivity index (χ3n) is 4.48. The van der Waals surface area contributed by atoms with Crippen LogP contribution in [0.5, 0.6) is 0 Å². The number of oxime groups is 1. The molecule has 6 nitrogen and oxygen atoms in total. The minimum Gasteiger partial charge on any atom is -1.00 e. The lowest BCUT2D eigenvalue weighted by atomic mass is 10.2. The molecular formula is C19H27ClN2O4. The summed E-state index contributed by atoms with van der Waals surface area (Å²) in [5, 5.41) is 16.3. The summed E-state index contributed by atoms with van der Waals surface area (Å²) in [6.45, 7) is 2.84. The third kappa shape index (κ3) is 6.27. The molecule has 0 heterocycles. The van der Waals surface area contributed by atoms with Crippen LogP contribution in [-0.2, 0) is 9.57 Å². The average molecular weight is 383 g/mol. The summed E-state index contributed by atoms with van der Waals surface area (Å²) in [5.41, 5.74) is 2.70. The number of aliphatic hydroxyl groups is 1. The fourth-order valence-corrected chi connectivity index (χ4v) is 2.75. The molecule has 1 aromatic rings. The monoisotopic (exact) mass is 382 g/mol. The summed E-state index contributed by atoms with van der Waals surface area (Å²) in [7, 11) is 0. The van der Waals surface area contributed by atoms with Gasteiger partial charge in [-0.1, -0.05) is 5.16 Å². The van der Waals surface area contributed by atoms with E-state index in [0.717, 1.165) is 5.69 Å². The van der Waals surface area contributed by atoms with E-state index in [4.69, 9.17) is 9.57 Å². The van der Waals surface area contributed by atoms with E-state index in [2.05, 4.69) is 5.16 Å². The van der Waals surface area contributed by atoms with E-state index in [1.165, 1.54) is 31.4 Å². The van der Waals surface area contributed by atoms with Gasteiger partial charge in [-0.25, -0.2) is 4.79 Å². The van der Waals surface area contributed by atoms with Crippen LogP contribution in [0.4, 0.5) is 5.69 Å². The van der Waals surface area contributed by atoms with Gasteiger partial charge in [-0.3, -0.25) is 0 Å². The maximum Gasteiger partial charge on any atom is 0.338 e. The van der Waals surface area contributed by atoms with Crippen LogP contribution in [0.15, 0.2) is 29.4 Å². The number of esters is 1. The molecule has 0 radical (unpaired) electrons. The van der Waals surface area contributed by atoms with Crippen LogP contribution < -0.4 is 17.7 Å². The number of carbonyl (C=O) groups excluding carboxylic acids is 1. The number of ether oxygens (including phenoxy) is 1. The molecule has 7 heteroatoms. The van der Waals surface area contributed by atoms with E-state index in [1.807, 2.05) is 17.4 Å². The van der Waals surface area contributed by atoms with Gasteiger partial charge >= 0.3 is 5.97 Å². The Hall–Kier alpha value is -1.63. The smallest absolute Gasteiger partial charge is 0.338 e. The standard InChI is InChI=1S/C19H26N2O4.ClH/c1-2-24-19(23)15-7-9-16(10-8-15)20-11-17(22)12-25-21-18(13-3-4-13)14-5-6-14;/h7-10,13-14,17,20,22H,2-6,11-12H2,1H3;1H. The zero-order chi connectivity index (χ0) is 17.6. The first-order valence-electron chi connectivity index (χ1n) is 9.15. The fourth-order valence-electron chi connectivity index (χ4n) is 2.75. The third-order valence-corrected chi connectivity index (χ3v) is 4.48. The van der Waals surface area contributed by atoms with Gasteiger partial charge in [0.05, 0.1) is 17.9 Å². The van der Waals surface area contributed by atoms with Crippen LogP contribution in [0, 0.1) is 11.8 Å². The van der Waals surface area contributed by atoms with E-state index in [1.54, 1.807) is 19.1 Å². The van der Waals surface area contributed by atoms with Crippen LogP contribution in [0.2, 0.25) is 0 Å². The number of carbonyl (C=O) groups is 1. The van der Waals surface area contributed by atoms with Crippen molar-refractivity contribution in [3.63, 3.8) is 0 Å². The molecule has 3 rings (SSSR count). The van der Waals surface area contributed by atoms with Crippen molar-refractivity contribution in [3.05, 3.63) is 29.8 Å². The molecular weight excluding hydrogens is 356 g/mol. The molecule has 0 amide bonds. The SMILES string of the molecule is CCOC(=O)c1ccc([NH2+]CC(O)CON=C(C2CC2)C2CC2)cc1.[Cl-]. The van der Waals surface area contributed by atoms with Gasteiger partial charge in [-0.15, -0.1) is 0 Å². The number of rotatable bonds is 10. The molecule has 0 spiro atoms. The topological polar surface area (TPSA) is 84.7 Å². The van der Waals surface area contributed by atoms with Crippen LogP contribution >= 0.6 is 0 Å². The van der Waals surface area contributed by atoms with Crippen molar-refractivity contribution in [2.75, 3.05) is 19.8 Å². The highest BCUT2D eigenvalue weighted by Crippen LogP contribution is 2.42. The quantitative estimate of drug-likeness (QED) is 0.226. The Balaban J connectivity index is 0.00000243. The first-order valence-corrected chi connectivity index (χ1v) is 9.15. The minimum absolute atomic E-state index is 0. The van der Waals surface area contributed by atoms with Crippen LogP contribution in [0.1, 0.15) is 43.0 Å². The number of hydrogen-bond donors (Lipinski definition) is 2. The Kier molecular flexibility index (Phi) is 7.87. The fraction of sp³-hybridized carbons (Fsp3) is 0.579. The lowest BCUT2D eigenvalue weighted by molar-refractivity contribution is -0.580. The second kappa shape index (κ2) is 9.90. The molecule has 2 saturated carbocycles. The highest BCUT2D eigenvalue weighted by molar-refractivity contribution is 5.92. The van der Waals surface area contributed by atoms with E-state index in [-0.39, 0.29) is 25.0 Å². The maximum atomic E-state index is 11.6. The van der Waals surface area contributed by atoms with Gasteiger partial charge in [0.2, 0.25) is 0 Å². The van der Waals surface area contributed by atoms with Crippen molar-refractivity contribution >= 4 is 17.4 Å². The lowest BCUT2D eigenvalue weighted by Crippen LogP contribution is -3.00. The zero-order valence-electron chi connectivity index (χ0n) is 15.1. The van der Waals surface area contributed by atoms with Crippen molar-refractivity contribution in [2.45, 2.75) is 38.7 Å². The molecule has 1 atom stereocenters. The molecule has 2 fully saturated rings. The van der Waals surface area contributed by atoms with Crippen molar-refractivity contribution in [2.24, 2.45) is 17.0 Å². The van der Waals surface area contributed by atoms with Gasteiger partial charge < -0.3 is 32.4 Å². The summed E-state index contributed by atoms with van der Waals surface area (Å²) in [6.07, 6.45) is 4.34. The summed E-state index contributed by atoms with van der Waals surface area (Å²) in [6, 6.07) is 7.15. The number of nitrogens with zero attached hydrogens (tertiary/aromatic N) is 1. The van der Waals surface area contributed by atoms with Crippen molar-refractivity contribution in [1.82, 2.24) is 0 Å². The largest absolute Gasteiger partial charge is 1.00 e. The molecule has 1 aromatic carbocycles. The molecule has 1 unspecified atom stereocenters. The second-order valence-electron chi connectivity index (χ2n) is 6.80. The highest BCUT2D eigenvalue weighted by Gasteiger charge is 2.38. The van der Waals surface area contributed by atoms with Crippen LogP contribution in [0.3, 0.4) is 0 Å². The van der Waals surface area contributed by atoms with Crippen LogP contribution in [0.25, 0.3) is 0 Å². The van der Waals surface area contributed by atoms with E-state index in [0.29, 0.717) is 30.6 Å². The summed E-state index contributed by atoms with van der Waals surface area (Å²) < 4.78 is 4.95. The Bertz CT molecular complexity index is 598. The van der Waals surface area contributed by atoms with Gasteiger partial charge in [0.1, 0.15) is 24.9 Å². The lowest BCUT2D eigenvalue weighted by Gasteiger charge is -2.09. The Morgan fingerprint density at radius 3 is 2.38 bits per heavy atom. The number of hydrogen-bond acceptors (Lipinski definition) is 5. The van der Waals surface area contributed by atoms with E-state index in [9.17, 15) is 9.90 Å². The summed E-state index contributed by atoms with van der Waals surface area (Å²) in [5.74, 6) is 0.950. The summed E-state index contributed by atoms with van der Waals surface area (Å²) >= 11 is 0. The highest BCUT2D eigenvalue weighted by atomic mass is 35.5. The van der Waals surface area contributed by atoms with Gasteiger partial charge in [0, 0.05) is 11.8 Å². The van der Waals surface area contributed by atoms with E-state index < -0.39 is 6.10 Å². The molecule has 26 heavy (non-hydrogen) atoms. The normalized spacial score (nSPS) is 17.0. The van der Waals surface area contributed by atoms with Gasteiger partial charge in [-0.05, 0) is 56.9 Å². The van der Waals surface area contributed by atoms with Gasteiger partial charge in [0.15, 0.2) is 0 Å². The first kappa shape index (κ1) is 20.7. The minimum atomic E-state index is -0.590. The van der Waals surface area contributed by atoms with E-state index >= 15 is 0 Å². The molecule has 2 aliphatic rings. The van der Waals surface area contributed by atoms with Crippen molar-refractivity contribution < 1.29 is 37.2 Å². The number of aliphatic hydroxyl groups excluding tert-OH is 1. The molecule has 0 saturated heterocycles. The predicted molar refractivity (Wildman–Crippen MR) is 93.7 cm³/mol. The maximum absolute atomic E-state index is 11.6. The average Bonchev–Trinajstić information content (AvgIpc) is 3.51. The number of quaternary nitrogens is 1. The number of nitrogens with two attached hydrogens (primary N) is 1. The van der Waals surface area contributed by atoms with Gasteiger partial charge in [0.25, 0.3) is 0 Å².